The highest BCUT2D eigenvalue weighted by Crippen LogP contribution is 2.29. The number of hydrogen-bond acceptors (Lipinski definition) is 2. The second-order valence-electron chi connectivity index (χ2n) is 2.67. The van der Waals surface area contributed by atoms with Crippen LogP contribution in [0, 0.1) is 0 Å². The van der Waals surface area contributed by atoms with Crippen LogP contribution in [0.2, 0.25) is 10.0 Å². The van der Waals surface area contributed by atoms with Crippen molar-refractivity contribution in [3.8, 4) is 0 Å². The first-order valence-electron chi connectivity index (χ1n) is 3.98. The lowest BCUT2D eigenvalue weighted by molar-refractivity contribution is 0.0697. The van der Waals surface area contributed by atoms with Crippen molar-refractivity contribution in [2.75, 3.05) is 7.11 Å². The van der Waals surface area contributed by atoms with Crippen LogP contribution in [0.1, 0.15) is 15.9 Å². The largest absolute Gasteiger partial charge is 0.504 e. The summed E-state index contributed by atoms with van der Waals surface area (Å²) in [7, 11) is 1.47. The zero-order chi connectivity index (χ0) is 11.4. The number of benzene rings is 1. The monoisotopic (exact) mass is 246 g/mol. The van der Waals surface area contributed by atoms with Crippen LogP contribution in [-0.2, 0) is 4.74 Å². The van der Waals surface area contributed by atoms with E-state index in [0.29, 0.717) is 10.6 Å². The molecule has 1 aromatic rings. The number of halogens is 2. The summed E-state index contributed by atoms with van der Waals surface area (Å²) < 4.78 is 4.71. The predicted molar refractivity (Wildman–Crippen MR) is 59.5 cm³/mol. The standard InChI is InChI=1S/C10H8Cl2O3/c1-15-5-4-6-8(11)3-2-7(9(6)12)10(13)14/h2-5H,1H3,(H,13,14). The molecule has 0 saturated heterocycles. The van der Waals surface area contributed by atoms with E-state index in [2.05, 4.69) is 0 Å². The van der Waals surface area contributed by atoms with Crippen molar-refractivity contribution < 1.29 is 14.6 Å². The topological polar surface area (TPSA) is 46.5 Å². The molecule has 1 aromatic carbocycles. The van der Waals surface area contributed by atoms with Gasteiger partial charge >= 0.3 is 5.97 Å². The molecule has 0 atom stereocenters. The van der Waals surface area contributed by atoms with Crippen LogP contribution in [0.25, 0.3) is 6.08 Å². The molecule has 0 aliphatic carbocycles. The smallest absolute Gasteiger partial charge is 0.337 e. The summed E-state index contributed by atoms with van der Waals surface area (Å²) in [5.41, 5.74) is 0.442. The molecule has 0 saturated carbocycles. The van der Waals surface area contributed by atoms with E-state index in [9.17, 15) is 4.79 Å². The maximum atomic E-state index is 10.8. The molecule has 0 aliphatic heterocycles. The summed E-state index contributed by atoms with van der Waals surface area (Å²) in [5, 5.41) is 9.30. The van der Waals surface area contributed by atoms with Crippen LogP contribution in [-0.4, -0.2) is 18.2 Å². The predicted octanol–water partition coefficient (Wildman–Crippen LogP) is 3.31. The van der Waals surface area contributed by atoms with Gasteiger partial charge < -0.3 is 9.84 Å². The second-order valence-corrected chi connectivity index (χ2v) is 3.45. The second kappa shape index (κ2) is 5.05. The van der Waals surface area contributed by atoms with Crippen LogP contribution < -0.4 is 0 Å². The van der Waals surface area contributed by atoms with Gasteiger partial charge in [0.2, 0.25) is 0 Å². The highest BCUT2D eigenvalue weighted by atomic mass is 35.5. The Morgan fingerprint density at radius 2 is 2.13 bits per heavy atom. The van der Waals surface area contributed by atoms with Gasteiger partial charge in [-0.1, -0.05) is 23.2 Å². The molecule has 0 amide bonds. The molecule has 0 aliphatic rings. The minimum Gasteiger partial charge on any atom is -0.504 e. The van der Waals surface area contributed by atoms with Crippen LogP contribution in [0.4, 0.5) is 0 Å². The average molecular weight is 247 g/mol. The van der Waals surface area contributed by atoms with Gasteiger partial charge in [-0.2, -0.15) is 0 Å². The fraction of sp³-hybridized carbons (Fsp3) is 0.100. The van der Waals surface area contributed by atoms with Crippen molar-refractivity contribution >= 4 is 35.2 Å². The van der Waals surface area contributed by atoms with Crippen molar-refractivity contribution in [2.24, 2.45) is 0 Å². The van der Waals surface area contributed by atoms with Gasteiger partial charge in [0.25, 0.3) is 0 Å². The average Bonchev–Trinajstić information content (AvgIpc) is 2.17. The van der Waals surface area contributed by atoms with Gasteiger partial charge in [0.05, 0.1) is 24.0 Å². The van der Waals surface area contributed by atoms with E-state index >= 15 is 0 Å². The Kier molecular flexibility index (Phi) is 4.00. The molecule has 0 aromatic heterocycles. The minimum atomic E-state index is -1.09. The first kappa shape index (κ1) is 11.9. The molecule has 1 rings (SSSR count). The molecule has 5 heteroatoms. The summed E-state index contributed by atoms with van der Waals surface area (Å²) in [5.74, 6) is -1.09. The van der Waals surface area contributed by atoms with Gasteiger partial charge in [-0.3, -0.25) is 0 Å². The Labute approximate surface area is 96.9 Å². The molecule has 0 bridgehead atoms. The maximum absolute atomic E-state index is 10.8. The van der Waals surface area contributed by atoms with Gasteiger partial charge in [0.1, 0.15) is 0 Å². The van der Waals surface area contributed by atoms with Crippen LogP contribution in [0.5, 0.6) is 0 Å². The van der Waals surface area contributed by atoms with Crippen molar-refractivity contribution in [3.05, 3.63) is 39.6 Å². The van der Waals surface area contributed by atoms with E-state index in [-0.39, 0.29) is 10.6 Å². The highest BCUT2D eigenvalue weighted by Gasteiger charge is 2.13. The van der Waals surface area contributed by atoms with E-state index < -0.39 is 5.97 Å². The fourth-order valence-electron chi connectivity index (χ4n) is 1.02. The number of rotatable bonds is 3. The number of carbonyl (C=O) groups is 1. The summed E-state index contributed by atoms with van der Waals surface area (Å²) in [4.78, 5) is 10.8. The maximum Gasteiger partial charge on any atom is 0.337 e. The summed E-state index contributed by atoms with van der Waals surface area (Å²) in [6.07, 6.45) is 2.88. The fourth-order valence-corrected chi connectivity index (χ4v) is 1.60. The third-order valence-electron chi connectivity index (χ3n) is 1.73. The van der Waals surface area contributed by atoms with Crippen molar-refractivity contribution in [3.63, 3.8) is 0 Å². The van der Waals surface area contributed by atoms with Gasteiger partial charge in [0, 0.05) is 10.6 Å². The number of ether oxygens (including phenoxy) is 1. The zero-order valence-corrected chi connectivity index (χ0v) is 9.34. The van der Waals surface area contributed by atoms with E-state index in [1.54, 1.807) is 0 Å². The number of methoxy groups -OCH3 is 1. The molecule has 0 unspecified atom stereocenters. The van der Waals surface area contributed by atoms with Gasteiger partial charge in [0.15, 0.2) is 0 Å². The Bertz CT molecular complexity index is 413. The van der Waals surface area contributed by atoms with Crippen molar-refractivity contribution in [1.82, 2.24) is 0 Å². The minimum absolute atomic E-state index is 0.0109. The Balaban J connectivity index is 3.30. The lowest BCUT2D eigenvalue weighted by Crippen LogP contribution is -1.98. The highest BCUT2D eigenvalue weighted by molar-refractivity contribution is 6.39. The number of carboxylic acid groups (broad SMARTS) is 1. The molecule has 0 spiro atoms. The molecule has 80 valence electrons. The molecule has 0 radical (unpaired) electrons. The Morgan fingerprint density at radius 1 is 1.47 bits per heavy atom. The number of aromatic carboxylic acids is 1. The molecular weight excluding hydrogens is 239 g/mol. The Morgan fingerprint density at radius 3 is 2.67 bits per heavy atom. The molecule has 0 fully saturated rings. The SMILES string of the molecule is COC=Cc1c(Cl)ccc(C(=O)O)c1Cl. The van der Waals surface area contributed by atoms with E-state index in [1.165, 1.54) is 31.6 Å². The van der Waals surface area contributed by atoms with Gasteiger partial charge in [-0.15, -0.1) is 0 Å². The lowest BCUT2D eigenvalue weighted by atomic mass is 10.1. The Hall–Kier alpha value is -1.19. The lowest BCUT2D eigenvalue weighted by Gasteiger charge is -2.04. The molecule has 3 nitrogen and oxygen atoms in total. The van der Waals surface area contributed by atoms with E-state index in [1.807, 2.05) is 0 Å². The van der Waals surface area contributed by atoms with Crippen LogP contribution in [0.3, 0.4) is 0 Å². The first-order valence-corrected chi connectivity index (χ1v) is 4.74. The number of carboxylic acids is 1. The molecular formula is C10H8Cl2O3. The quantitative estimate of drug-likeness (QED) is 0.833. The van der Waals surface area contributed by atoms with Crippen LogP contribution in [0.15, 0.2) is 18.4 Å². The third-order valence-corrected chi connectivity index (χ3v) is 2.46. The summed E-state index contributed by atoms with van der Waals surface area (Å²) in [6, 6.07) is 2.84. The zero-order valence-electron chi connectivity index (χ0n) is 7.83. The van der Waals surface area contributed by atoms with Crippen LogP contribution >= 0.6 is 23.2 Å². The van der Waals surface area contributed by atoms with Gasteiger partial charge in [-0.25, -0.2) is 4.79 Å². The summed E-state index contributed by atoms with van der Waals surface area (Å²) >= 11 is 11.7. The number of hydrogen-bond donors (Lipinski definition) is 1. The van der Waals surface area contributed by atoms with E-state index in [4.69, 9.17) is 33.0 Å². The molecule has 1 N–H and O–H groups in total. The van der Waals surface area contributed by atoms with E-state index in [0.717, 1.165) is 0 Å². The van der Waals surface area contributed by atoms with Crippen molar-refractivity contribution in [2.45, 2.75) is 0 Å². The first-order chi connectivity index (χ1) is 7.07. The summed E-state index contributed by atoms with van der Waals surface area (Å²) in [6.45, 7) is 0. The van der Waals surface area contributed by atoms with Crippen molar-refractivity contribution in [1.29, 1.82) is 0 Å². The molecule has 15 heavy (non-hydrogen) atoms. The normalized spacial score (nSPS) is 10.6. The van der Waals surface area contributed by atoms with Gasteiger partial charge in [-0.05, 0) is 18.2 Å². The molecule has 0 heterocycles. The third kappa shape index (κ3) is 2.64.